The van der Waals surface area contributed by atoms with Crippen molar-refractivity contribution in [1.29, 1.82) is 0 Å². The average molecular weight is 420 g/mol. The van der Waals surface area contributed by atoms with Gasteiger partial charge in [-0.15, -0.1) is 0 Å². The second-order valence-corrected chi connectivity index (χ2v) is 8.48. The van der Waals surface area contributed by atoms with Crippen molar-refractivity contribution in [3.8, 4) is 34.5 Å². The Balaban J connectivity index is 1.49. The molecule has 0 saturated heterocycles. The zero-order chi connectivity index (χ0) is 21.6. The molecule has 2 aromatic rings. The van der Waals surface area contributed by atoms with E-state index in [1.807, 2.05) is 30.3 Å². The summed E-state index contributed by atoms with van der Waals surface area (Å²) in [6.07, 6.45) is 9.76. The molecule has 0 aliphatic heterocycles. The van der Waals surface area contributed by atoms with Crippen LogP contribution in [0.2, 0.25) is 0 Å². The van der Waals surface area contributed by atoms with Gasteiger partial charge in [0.25, 0.3) is 0 Å². The number of hydrogen-bond acceptors (Lipinski definition) is 4. The second kappa shape index (κ2) is 9.87. The third kappa shape index (κ3) is 5.38. The number of aromatic nitrogens is 1. The van der Waals surface area contributed by atoms with Crippen molar-refractivity contribution in [3.63, 3.8) is 0 Å². The number of ether oxygens (including phenoxy) is 2. The molecule has 2 saturated carbocycles. The maximum atomic E-state index is 11.1. The highest BCUT2D eigenvalue weighted by Gasteiger charge is 2.24. The minimum atomic E-state index is -0.684. The molecule has 0 radical (unpaired) electrons. The van der Waals surface area contributed by atoms with Crippen LogP contribution in [0.15, 0.2) is 36.5 Å². The van der Waals surface area contributed by atoms with Gasteiger partial charge >= 0.3 is 5.97 Å². The molecule has 31 heavy (non-hydrogen) atoms. The normalized spacial score (nSPS) is 21.2. The van der Waals surface area contributed by atoms with Gasteiger partial charge in [0.15, 0.2) is 11.5 Å². The number of hydrogen-bond donors (Lipinski definition) is 1. The molecule has 1 heterocycles. The molecule has 4 rings (SSSR count). The average Bonchev–Trinajstić information content (AvgIpc) is 3.31. The van der Waals surface area contributed by atoms with Gasteiger partial charge in [0.1, 0.15) is 5.69 Å². The van der Waals surface area contributed by atoms with Gasteiger partial charge in [-0.1, -0.05) is 12.0 Å². The lowest BCUT2D eigenvalue weighted by molar-refractivity contribution is -0.142. The quantitative estimate of drug-likeness (QED) is 0.664. The van der Waals surface area contributed by atoms with Crippen LogP contribution in [0.4, 0.5) is 0 Å². The lowest BCUT2D eigenvalue weighted by Crippen LogP contribution is -2.20. The number of methoxy groups -OCH3 is 1. The van der Waals surface area contributed by atoms with E-state index in [0.717, 1.165) is 54.0 Å². The number of carboxylic acid groups (broad SMARTS) is 1. The number of aliphatic carboxylic acids is 1. The van der Waals surface area contributed by atoms with E-state index in [1.54, 1.807) is 13.3 Å². The van der Waals surface area contributed by atoms with Crippen LogP contribution in [0, 0.1) is 23.7 Å². The molecule has 1 aromatic carbocycles. The first-order valence-corrected chi connectivity index (χ1v) is 11.2. The fourth-order valence-corrected chi connectivity index (χ4v) is 4.47. The van der Waals surface area contributed by atoms with Gasteiger partial charge in [-0.2, -0.15) is 0 Å². The smallest absolute Gasteiger partial charge is 0.306 e. The summed E-state index contributed by atoms with van der Waals surface area (Å²) in [5.41, 5.74) is 2.81. The summed E-state index contributed by atoms with van der Waals surface area (Å²) in [5, 5.41) is 9.14. The molecule has 1 N–H and O–H groups in total. The fraction of sp³-hybridized carbons (Fsp3) is 0.462. The summed E-state index contributed by atoms with van der Waals surface area (Å²) in [6, 6.07) is 9.99. The molecular formula is C26H29NO4. The first-order chi connectivity index (χ1) is 15.1. The standard InChI is InChI=1S/C26H29NO4/c1-30-24-13-11-20(17-25(24)31-23-4-2-3-5-23)21-14-15-27-22(16-21)12-8-18-6-9-19(10-7-18)26(28)29/h11,13-19,23H,2-7,9-10H2,1H3,(H,28,29). The summed E-state index contributed by atoms with van der Waals surface area (Å²) in [7, 11) is 1.67. The number of carbonyl (C=O) groups is 1. The predicted octanol–water partition coefficient (Wildman–Crippen LogP) is 5.32. The number of carboxylic acids is 1. The number of nitrogens with zero attached hydrogens (tertiary/aromatic N) is 1. The minimum Gasteiger partial charge on any atom is -0.493 e. The van der Waals surface area contributed by atoms with Crippen LogP contribution in [-0.4, -0.2) is 29.3 Å². The first kappa shape index (κ1) is 21.2. The Kier molecular flexibility index (Phi) is 6.76. The van der Waals surface area contributed by atoms with Gasteiger partial charge in [-0.25, -0.2) is 4.98 Å². The number of rotatable bonds is 5. The highest BCUT2D eigenvalue weighted by Crippen LogP contribution is 2.35. The van der Waals surface area contributed by atoms with Crippen molar-refractivity contribution >= 4 is 5.97 Å². The topological polar surface area (TPSA) is 68.7 Å². The summed E-state index contributed by atoms with van der Waals surface area (Å²) in [4.78, 5) is 15.5. The molecule has 0 atom stereocenters. The predicted molar refractivity (Wildman–Crippen MR) is 119 cm³/mol. The molecule has 162 valence electrons. The molecule has 2 aliphatic carbocycles. The molecule has 0 spiro atoms. The van der Waals surface area contributed by atoms with Crippen molar-refractivity contribution in [2.75, 3.05) is 7.11 Å². The second-order valence-electron chi connectivity index (χ2n) is 8.48. The maximum Gasteiger partial charge on any atom is 0.306 e. The zero-order valence-electron chi connectivity index (χ0n) is 18.0. The summed E-state index contributed by atoms with van der Waals surface area (Å²) in [6.45, 7) is 0. The molecule has 0 amide bonds. The van der Waals surface area contributed by atoms with E-state index >= 15 is 0 Å². The maximum absolute atomic E-state index is 11.1. The van der Waals surface area contributed by atoms with Crippen molar-refractivity contribution < 1.29 is 19.4 Å². The zero-order valence-corrected chi connectivity index (χ0v) is 18.0. The van der Waals surface area contributed by atoms with Crippen molar-refractivity contribution in [2.45, 2.75) is 57.5 Å². The Hall–Kier alpha value is -3.00. The highest BCUT2D eigenvalue weighted by atomic mass is 16.5. The van der Waals surface area contributed by atoms with Gasteiger partial charge in [0.2, 0.25) is 0 Å². The van der Waals surface area contributed by atoms with Gasteiger partial charge in [-0.3, -0.25) is 4.79 Å². The van der Waals surface area contributed by atoms with Crippen LogP contribution in [0.3, 0.4) is 0 Å². The van der Waals surface area contributed by atoms with Crippen molar-refractivity contribution in [2.24, 2.45) is 11.8 Å². The lowest BCUT2D eigenvalue weighted by Gasteiger charge is -2.22. The van der Waals surface area contributed by atoms with Gasteiger partial charge in [0.05, 0.1) is 19.1 Å². The molecule has 5 nitrogen and oxygen atoms in total. The van der Waals surface area contributed by atoms with E-state index in [-0.39, 0.29) is 17.9 Å². The monoisotopic (exact) mass is 419 g/mol. The lowest BCUT2D eigenvalue weighted by atomic mass is 9.82. The molecule has 0 unspecified atom stereocenters. The molecule has 2 aliphatic rings. The van der Waals surface area contributed by atoms with Crippen LogP contribution in [0.1, 0.15) is 57.1 Å². The van der Waals surface area contributed by atoms with Crippen molar-refractivity contribution in [3.05, 3.63) is 42.2 Å². The van der Waals surface area contributed by atoms with Crippen LogP contribution in [0.5, 0.6) is 11.5 Å². The molecule has 5 heteroatoms. The van der Waals surface area contributed by atoms with Gasteiger partial charge in [-0.05, 0) is 92.7 Å². The van der Waals surface area contributed by atoms with Crippen molar-refractivity contribution in [1.82, 2.24) is 4.98 Å². The largest absolute Gasteiger partial charge is 0.493 e. The Morgan fingerprint density at radius 1 is 1.00 bits per heavy atom. The van der Waals surface area contributed by atoms with Crippen LogP contribution in [-0.2, 0) is 4.79 Å². The Bertz CT molecular complexity index is 976. The summed E-state index contributed by atoms with van der Waals surface area (Å²) in [5.74, 6) is 7.39. The highest BCUT2D eigenvalue weighted by molar-refractivity contribution is 5.70. The van der Waals surface area contributed by atoms with Gasteiger partial charge in [0, 0.05) is 12.1 Å². The third-order valence-electron chi connectivity index (χ3n) is 6.33. The first-order valence-electron chi connectivity index (χ1n) is 11.2. The Morgan fingerprint density at radius 3 is 2.45 bits per heavy atom. The Labute approximate surface area is 183 Å². The minimum absolute atomic E-state index is 0.213. The van der Waals surface area contributed by atoms with E-state index in [4.69, 9.17) is 14.6 Å². The van der Waals surface area contributed by atoms with Crippen LogP contribution < -0.4 is 9.47 Å². The fourth-order valence-electron chi connectivity index (χ4n) is 4.47. The summed E-state index contributed by atoms with van der Waals surface area (Å²) >= 11 is 0. The molecular weight excluding hydrogens is 390 g/mol. The SMILES string of the molecule is COc1ccc(-c2ccnc(C#CC3CCC(C(=O)O)CC3)c2)cc1OC1CCCC1. The number of benzene rings is 1. The third-order valence-corrected chi connectivity index (χ3v) is 6.33. The Morgan fingerprint density at radius 2 is 1.74 bits per heavy atom. The van der Waals surface area contributed by atoms with E-state index in [9.17, 15) is 4.79 Å². The van der Waals surface area contributed by atoms with E-state index in [1.165, 1.54) is 12.8 Å². The van der Waals surface area contributed by atoms with E-state index in [0.29, 0.717) is 12.8 Å². The number of pyridine rings is 1. The molecule has 0 bridgehead atoms. The molecule has 2 fully saturated rings. The van der Waals surface area contributed by atoms with Gasteiger partial charge < -0.3 is 14.6 Å². The van der Waals surface area contributed by atoms with E-state index < -0.39 is 5.97 Å². The summed E-state index contributed by atoms with van der Waals surface area (Å²) < 4.78 is 11.7. The van der Waals surface area contributed by atoms with E-state index in [2.05, 4.69) is 16.8 Å². The van der Waals surface area contributed by atoms with Crippen LogP contribution in [0.25, 0.3) is 11.1 Å². The van der Waals surface area contributed by atoms with Crippen LogP contribution >= 0.6 is 0 Å². The molecule has 1 aromatic heterocycles.